The van der Waals surface area contributed by atoms with Gasteiger partial charge in [-0.15, -0.1) is 0 Å². The molecule has 0 bridgehead atoms. The summed E-state index contributed by atoms with van der Waals surface area (Å²) in [5.41, 5.74) is 9.00. The molecule has 0 fully saturated rings. The van der Waals surface area contributed by atoms with Gasteiger partial charge in [0.1, 0.15) is 11.2 Å². The van der Waals surface area contributed by atoms with Crippen LogP contribution in [-0.4, -0.2) is 15.0 Å². The smallest absolute Gasteiger partial charge is 0.164 e. The predicted molar refractivity (Wildman–Crippen MR) is 227 cm³/mol. The molecule has 11 rings (SSSR count). The van der Waals surface area contributed by atoms with Crippen LogP contribution >= 0.6 is 0 Å². The summed E-state index contributed by atoms with van der Waals surface area (Å²) in [5.74, 6) is 1.82. The molecule has 4 heteroatoms. The average Bonchev–Trinajstić information content (AvgIpc) is 3.64. The van der Waals surface area contributed by atoms with Crippen molar-refractivity contribution >= 4 is 54.3 Å². The van der Waals surface area contributed by atoms with Gasteiger partial charge in [-0.1, -0.05) is 152 Å². The summed E-state index contributed by atoms with van der Waals surface area (Å²) >= 11 is 0. The molecule has 0 N–H and O–H groups in total. The van der Waals surface area contributed by atoms with E-state index in [0.717, 1.165) is 65.9 Å². The molecule has 0 saturated carbocycles. The summed E-state index contributed by atoms with van der Waals surface area (Å²) in [7, 11) is 0. The van der Waals surface area contributed by atoms with Crippen LogP contribution in [0.3, 0.4) is 0 Å². The average molecular weight is 702 g/mol. The number of benzene rings is 9. The molecule has 256 valence electrons. The summed E-state index contributed by atoms with van der Waals surface area (Å²) in [6.07, 6.45) is 0. The highest BCUT2D eigenvalue weighted by molar-refractivity contribution is 6.13. The molecule has 0 unspecified atom stereocenters. The van der Waals surface area contributed by atoms with Crippen LogP contribution in [0.5, 0.6) is 0 Å². The highest BCUT2D eigenvalue weighted by atomic mass is 16.3. The first-order valence-electron chi connectivity index (χ1n) is 18.5. The minimum atomic E-state index is 0.593. The Balaban J connectivity index is 1.14. The first-order chi connectivity index (χ1) is 27.2. The van der Waals surface area contributed by atoms with Crippen LogP contribution in [0, 0.1) is 0 Å². The molecule has 2 heterocycles. The largest absolute Gasteiger partial charge is 0.456 e. The van der Waals surface area contributed by atoms with Gasteiger partial charge in [0.2, 0.25) is 0 Å². The first kappa shape index (κ1) is 31.1. The van der Waals surface area contributed by atoms with Gasteiger partial charge >= 0.3 is 0 Å². The van der Waals surface area contributed by atoms with E-state index < -0.39 is 0 Å². The van der Waals surface area contributed by atoms with Gasteiger partial charge in [-0.25, -0.2) is 15.0 Å². The van der Waals surface area contributed by atoms with Crippen molar-refractivity contribution < 1.29 is 4.42 Å². The van der Waals surface area contributed by atoms with Gasteiger partial charge in [0.15, 0.2) is 17.5 Å². The molecular formula is C51H31N3O. The third-order valence-electron chi connectivity index (χ3n) is 10.7. The van der Waals surface area contributed by atoms with E-state index in [1.807, 2.05) is 18.2 Å². The van der Waals surface area contributed by atoms with Gasteiger partial charge in [0.25, 0.3) is 0 Å². The normalized spacial score (nSPS) is 11.6. The number of fused-ring (bicyclic) bond motifs is 7. The maximum Gasteiger partial charge on any atom is 0.164 e. The molecule has 0 radical (unpaired) electrons. The summed E-state index contributed by atoms with van der Waals surface area (Å²) in [6.45, 7) is 0. The van der Waals surface area contributed by atoms with E-state index in [9.17, 15) is 0 Å². The number of nitrogens with zero attached hydrogens (tertiary/aromatic N) is 3. The second kappa shape index (κ2) is 12.6. The molecule has 0 saturated heterocycles. The van der Waals surface area contributed by atoms with Crippen molar-refractivity contribution in [3.8, 4) is 56.4 Å². The third-order valence-corrected chi connectivity index (χ3v) is 10.7. The van der Waals surface area contributed by atoms with Crippen molar-refractivity contribution in [1.29, 1.82) is 0 Å². The zero-order valence-electron chi connectivity index (χ0n) is 29.6. The quantitative estimate of drug-likeness (QED) is 0.168. The lowest BCUT2D eigenvalue weighted by atomic mass is 9.96. The van der Waals surface area contributed by atoms with Crippen molar-refractivity contribution in [3.05, 3.63) is 188 Å². The van der Waals surface area contributed by atoms with E-state index in [-0.39, 0.29) is 0 Å². The summed E-state index contributed by atoms with van der Waals surface area (Å²) in [4.78, 5) is 15.7. The Hall–Kier alpha value is -7.43. The Labute approximate surface area is 317 Å². The molecule has 55 heavy (non-hydrogen) atoms. The van der Waals surface area contributed by atoms with Gasteiger partial charge in [0.05, 0.1) is 0 Å². The summed E-state index contributed by atoms with van der Waals surface area (Å²) in [6, 6.07) is 65.9. The molecule has 2 aromatic heterocycles. The highest BCUT2D eigenvalue weighted by Gasteiger charge is 2.19. The molecule has 0 aliphatic rings. The Bertz CT molecular complexity index is 3260. The third kappa shape index (κ3) is 5.43. The van der Waals surface area contributed by atoms with E-state index in [2.05, 4.69) is 170 Å². The lowest BCUT2D eigenvalue weighted by molar-refractivity contribution is 0.669. The second-order valence-corrected chi connectivity index (χ2v) is 14.0. The molecule has 0 spiro atoms. The van der Waals surface area contributed by atoms with Gasteiger partial charge in [-0.2, -0.15) is 0 Å². The molecule has 0 amide bonds. The van der Waals surface area contributed by atoms with Gasteiger partial charge < -0.3 is 4.42 Å². The Morgan fingerprint density at radius 3 is 1.49 bits per heavy atom. The second-order valence-electron chi connectivity index (χ2n) is 14.0. The molecular weight excluding hydrogens is 671 g/mol. The van der Waals surface area contributed by atoms with Crippen molar-refractivity contribution in [3.63, 3.8) is 0 Å². The summed E-state index contributed by atoms with van der Waals surface area (Å²) < 4.78 is 6.44. The minimum absolute atomic E-state index is 0.593. The predicted octanol–water partition coefficient (Wildman–Crippen LogP) is 13.6. The summed E-state index contributed by atoms with van der Waals surface area (Å²) in [5, 5.41) is 8.99. The molecule has 0 aliphatic carbocycles. The van der Waals surface area contributed by atoms with Gasteiger partial charge in [-0.3, -0.25) is 0 Å². The Kier molecular flexibility index (Phi) is 7.14. The standard InChI is InChI=1S/C51H31N3O/c1-3-10-32(11-4-1)38-23-21-35-19-20-36-22-25-41(31-44(36)43(35)29-38)50-52-49(40-24-18-34-14-7-8-15-37(34)28-40)53-51(54-50)42-16-9-17-47-48(42)45-30-39(26-27-46(45)55-47)33-12-5-2-6-13-33/h1-31H. The van der Waals surface area contributed by atoms with Crippen LogP contribution in [0.2, 0.25) is 0 Å². The van der Waals surface area contributed by atoms with Crippen LogP contribution < -0.4 is 0 Å². The highest BCUT2D eigenvalue weighted by Crippen LogP contribution is 2.39. The van der Waals surface area contributed by atoms with Crippen LogP contribution in [0.25, 0.3) is 111 Å². The first-order valence-corrected chi connectivity index (χ1v) is 18.5. The lowest BCUT2D eigenvalue weighted by Gasteiger charge is -2.12. The van der Waals surface area contributed by atoms with Crippen LogP contribution in [0.4, 0.5) is 0 Å². The fourth-order valence-corrected chi connectivity index (χ4v) is 7.90. The number of hydrogen-bond donors (Lipinski definition) is 0. The number of hydrogen-bond acceptors (Lipinski definition) is 4. The van der Waals surface area contributed by atoms with Crippen molar-refractivity contribution in [1.82, 2.24) is 15.0 Å². The minimum Gasteiger partial charge on any atom is -0.456 e. The van der Waals surface area contributed by atoms with Crippen LogP contribution in [0.15, 0.2) is 192 Å². The molecule has 0 atom stereocenters. The monoisotopic (exact) mass is 701 g/mol. The maximum absolute atomic E-state index is 6.44. The number of rotatable bonds is 5. The number of aromatic nitrogens is 3. The van der Waals surface area contributed by atoms with Crippen LogP contribution in [0.1, 0.15) is 0 Å². The SMILES string of the molecule is c1ccc(-c2ccc3ccc4ccc(-c5nc(-c6ccc7ccccc7c6)nc(-c6cccc7oc8ccc(-c9ccccc9)cc8c67)n5)cc4c3c2)cc1. The molecule has 0 aliphatic heterocycles. The fraction of sp³-hybridized carbons (Fsp3) is 0. The van der Waals surface area contributed by atoms with Crippen molar-refractivity contribution in [2.24, 2.45) is 0 Å². The molecule has 4 nitrogen and oxygen atoms in total. The van der Waals surface area contributed by atoms with E-state index >= 15 is 0 Å². The zero-order chi connectivity index (χ0) is 36.3. The van der Waals surface area contributed by atoms with E-state index in [4.69, 9.17) is 19.4 Å². The number of furan rings is 1. The van der Waals surface area contributed by atoms with E-state index in [0.29, 0.717) is 17.5 Å². The lowest BCUT2D eigenvalue weighted by Crippen LogP contribution is -2.00. The zero-order valence-corrected chi connectivity index (χ0v) is 29.6. The molecule has 11 aromatic rings. The van der Waals surface area contributed by atoms with E-state index in [1.165, 1.54) is 27.3 Å². The van der Waals surface area contributed by atoms with E-state index in [1.54, 1.807) is 0 Å². The molecule has 9 aromatic carbocycles. The Morgan fingerprint density at radius 1 is 0.291 bits per heavy atom. The topological polar surface area (TPSA) is 51.8 Å². The van der Waals surface area contributed by atoms with Gasteiger partial charge in [0, 0.05) is 27.5 Å². The Morgan fingerprint density at radius 2 is 0.800 bits per heavy atom. The van der Waals surface area contributed by atoms with Crippen molar-refractivity contribution in [2.45, 2.75) is 0 Å². The van der Waals surface area contributed by atoms with Crippen LogP contribution in [-0.2, 0) is 0 Å². The van der Waals surface area contributed by atoms with Crippen molar-refractivity contribution in [2.75, 3.05) is 0 Å². The maximum atomic E-state index is 6.44. The fourth-order valence-electron chi connectivity index (χ4n) is 7.90. The van der Waals surface area contributed by atoms with Gasteiger partial charge in [-0.05, 0) is 91.0 Å².